The highest BCUT2D eigenvalue weighted by atomic mass is 15.3. The monoisotopic (exact) mass is 250 g/mol. The summed E-state index contributed by atoms with van der Waals surface area (Å²) in [5.41, 5.74) is 1.26. The van der Waals surface area contributed by atoms with E-state index in [2.05, 4.69) is 28.3 Å². The lowest BCUT2D eigenvalue weighted by Crippen LogP contribution is -2.34. The molecular weight excluding hydrogens is 224 g/mol. The van der Waals surface area contributed by atoms with Crippen molar-refractivity contribution in [2.24, 2.45) is 7.05 Å². The maximum atomic E-state index is 4.21. The lowest BCUT2D eigenvalue weighted by molar-refractivity contribution is 0.279. The lowest BCUT2D eigenvalue weighted by atomic mass is 10.2. The van der Waals surface area contributed by atoms with E-state index in [1.807, 2.05) is 17.9 Å². The molecule has 102 valence electrons. The third-order valence-corrected chi connectivity index (χ3v) is 3.88. The second kappa shape index (κ2) is 6.90. The normalized spacial score (nSPS) is 19.7. The third kappa shape index (κ3) is 3.82. The molecule has 1 aliphatic heterocycles. The van der Waals surface area contributed by atoms with E-state index < -0.39 is 0 Å². The molecule has 1 unspecified atom stereocenters. The van der Waals surface area contributed by atoms with Crippen LogP contribution in [0.5, 0.6) is 0 Å². The Morgan fingerprint density at radius 2 is 2.00 bits per heavy atom. The van der Waals surface area contributed by atoms with Crippen LogP contribution in [-0.2, 0) is 7.05 Å². The van der Waals surface area contributed by atoms with Crippen LogP contribution in [0.15, 0.2) is 12.3 Å². The quantitative estimate of drug-likeness (QED) is 0.867. The average Bonchev–Trinajstić information content (AvgIpc) is 2.63. The molecule has 1 fully saturated rings. The summed E-state index contributed by atoms with van der Waals surface area (Å²) in [7, 11) is 2.00. The van der Waals surface area contributed by atoms with Crippen molar-refractivity contribution in [2.75, 3.05) is 26.2 Å². The predicted octanol–water partition coefficient (Wildman–Crippen LogP) is 1.95. The highest BCUT2D eigenvalue weighted by Crippen LogP contribution is 2.11. The van der Waals surface area contributed by atoms with E-state index >= 15 is 0 Å². The minimum absolute atomic E-state index is 0.379. The van der Waals surface area contributed by atoms with Gasteiger partial charge < -0.3 is 10.2 Å². The molecule has 4 heteroatoms. The van der Waals surface area contributed by atoms with Gasteiger partial charge in [-0.2, -0.15) is 5.10 Å². The smallest absolute Gasteiger partial charge is 0.0547 e. The second-order valence-electron chi connectivity index (χ2n) is 5.31. The van der Waals surface area contributed by atoms with E-state index in [0.29, 0.717) is 6.04 Å². The maximum Gasteiger partial charge on any atom is 0.0547 e. The van der Waals surface area contributed by atoms with Crippen molar-refractivity contribution in [1.82, 2.24) is 20.0 Å². The topological polar surface area (TPSA) is 33.1 Å². The number of likely N-dealkylation sites (tertiary alicyclic amines) is 1. The van der Waals surface area contributed by atoms with Gasteiger partial charge >= 0.3 is 0 Å². The van der Waals surface area contributed by atoms with Crippen LogP contribution in [0.2, 0.25) is 0 Å². The number of hydrogen-bond acceptors (Lipinski definition) is 3. The van der Waals surface area contributed by atoms with Gasteiger partial charge in [0.25, 0.3) is 0 Å². The van der Waals surface area contributed by atoms with Gasteiger partial charge in [0.15, 0.2) is 0 Å². The SMILES string of the molecule is CC(NCCN1CCCCCC1)c1ccnn1C. The van der Waals surface area contributed by atoms with Gasteiger partial charge in [0, 0.05) is 32.4 Å². The summed E-state index contributed by atoms with van der Waals surface area (Å²) in [5, 5.41) is 7.81. The van der Waals surface area contributed by atoms with Crippen LogP contribution in [-0.4, -0.2) is 40.9 Å². The van der Waals surface area contributed by atoms with Gasteiger partial charge in [-0.05, 0) is 38.9 Å². The van der Waals surface area contributed by atoms with Gasteiger partial charge in [-0.15, -0.1) is 0 Å². The molecule has 1 N–H and O–H groups in total. The molecule has 18 heavy (non-hydrogen) atoms. The van der Waals surface area contributed by atoms with E-state index in [9.17, 15) is 0 Å². The Bertz CT molecular complexity index is 339. The highest BCUT2D eigenvalue weighted by molar-refractivity contribution is 5.05. The zero-order valence-electron chi connectivity index (χ0n) is 11.7. The minimum atomic E-state index is 0.379. The van der Waals surface area contributed by atoms with Crippen LogP contribution in [0.4, 0.5) is 0 Å². The molecular formula is C14H26N4. The first-order valence-corrected chi connectivity index (χ1v) is 7.21. The second-order valence-corrected chi connectivity index (χ2v) is 5.31. The Labute approximate surface area is 110 Å². The van der Waals surface area contributed by atoms with Crippen LogP contribution in [0.3, 0.4) is 0 Å². The molecule has 1 aromatic heterocycles. The molecule has 2 rings (SSSR count). The Kier molecular flexibility index (Phi) is 5.20. The Morgan fingerprint density at radius 1 is 1.28 bits per heavy atom. The lowest BCUT2D eigenvalue weighted by Gasteiger charge is -2.21. The third-order valence-electron chi connectivity index (χ3n) is 3.88. The molecule has 2 heterocycles. The van der Waals surface area contributed by atoms with Crippen molar-refractivity contribution in [1.29, 1.82) is 0 Å². The molecule has 1 aliphatic rings. The predicted molar refractivity (Wildman–Crippen MR) is 74.5 cm³/mol. The summed E-state index contributed by atoms with van der Waals surface area (Å²) >= 11 is 0. The first-order chi connectivity index (χ1) is 8.77. The van der Waals surface area contributed by atoms with Crippen LogP contribution in [0, 0.1) is 0 Å². The first kappa shape index (κ1) is 13.6. The minimum Gasteiger partial charge on any atom is -0.308 e. The number of aryl methyl sites for hydroxylation is 1. The van der Waals surface area contributed by atoms with E-state index in [0.717, 1.165) is 6.54 Å². The standard InChI is InChI=1S/C14H26N4/c1-13(14-7-8-16-17(14)2)15-9-12-18-10-5-3-4-6-11-18/h7-8,13,15H,3-6,9-12H2,1-2H3. The van der Waals surface area contributed by atoms with E-state index in [4.69, 9.17) is 0 Å². The number of aromatic nitrogens is 2. The fraction of sp³-hybridized carbons (Fsp3) is 0.786. The zero-order chi connectivity index (χ0) is 12.8. The van der Waals surface area contributed by atoms with Crippen molar-refractivity contribution in [3.8, 4) is 0 Å². The van der Waals surface area contributed by atoms with Crippen LogP contribution in [0.1, 0.15) is 44.3 Å². The van der Waals surface area contributed by atoms with Crippen molar-refractivity contribution >= 4 is 0 Å². The molecule has 1 aromatic rings. The summed E-state index contributed by atoms with van der Waals surface area (Å²) in [5.74, 6) is 0. The molecule has 0 aromatic carbocycles. The van der Waals surface area contributed by atoms with Gasteiger partial charge in [0.05, 0.1) is 5.69 Å². The van der Waals surface area contributed by atoms with Crippen LogP contribution < -0.4 is 5.32 Å². The maximum absolute atomic E-state index is 4.21. The Balaban J connectivity index is 1.70. The van der Waals surface area contributed by atoms with Crippen LogP contribution in [0.25, 0.3) is 0 Å². The molecule has 0 spiro atoms. The molecule has 4 nitrogen and oxygen atoms in total. The molecule has 0 saturated carbocycles. The Morgan fingerprint density at radius 3 is 2.61 bits per heavy atom. The zero-order valence-corrected chi connectivity index (χ0v) is 11.7. The van der Waals surface area contributed by atoms with E-state index in [-0.39, 0.29) is 0 Å². The number of nitrogens with zero attached hydrogens (tertiary/aromatic N) is 3. The van der Waals surface area contributed by atoms with Crippen molar-refractivity contribution < 1.29 is 0 Å². The van der Waals surface area contributed by atoms with Gasteiger partial charge in [0.1, 0.15) is 0 Å². The van der Waals surface area contributed by atoms with Crippen molar-refractivity contribution in [3.05, 3.63) is 18.0 Å². The number of nitrogens with one attached hydrogen (secondary N) is 1. The number of rotatable bonds is 5. The van der Waals surface area contributed by atoms with Crippen molar-refractivity contribution in [3.63, 3.8) is 0 Å². The van der Waals surface area contributed by atoms with Gasteiger partial charge in [-0.1, -0.05) is 12.8 Å². The largest absolute Gasteiger partial charge is 0.308 e. The molecule has 0 bridgehead atoms. The summed E-state index contributed by atoms with van der Waals surface area (Å²) in [4.78, 5) is 2.59. The van der Waals surface area contributed by atoms with Gasteiger partial charge in [0.2, 0.25) is 0 Å². The Hall–Kier alpha value is -0.870. The molecule has 0 amide bonds. The average molecular weight is 250 g/mol. The molecule has 0 radical (unpaired) electrons. The fourth-order valence-corrected chi connectivity index (χ4v) is 2.71. The van der Waals surface area contributed by atoms with Gasteiger partial charge in [-0.3, -0.25) is 4.68 Å². The van der Waals surface area contributed by atoms with E-state index in [1.54, 1.807) is 0 Å². The first-order valence-electron chi connectivity index (χ1n) is 7.21. The summed E-state index contributed by atoms with van der Waals surface area (Å²) < 4.78 is 1.95. The highest BCUT2D eigenvalue weighted by Gasteiger charge is 2.11. The molecule has 1 atom stereocenters. The fourth-order valence-electron chi connectivity index (χ4n) is 2.71. The van der Waals surface area contributed by atoms with Crippen LogP contribution >= 0.6 is 0 Å². The summed E-state index contributed by atoms with van der Waals surface area (Å²) in [6, 6.07) is 2.47. The van der Waals surface area contributed by atoms with Gasteiger partial charge in [-0.25, -0.2) is 0 Å². The van der Waals surface area contributed by atoms with E-state index in [1.165, 1.54) is 51.0 Å². The van der Waals surface area contributed by atoms with Crippen molar-refractivity contribution in [2.45, 2.75) is 38.6 Å². The molecule has 1 saturated heterocycles. The molecule has 0 aliphatic carbocycles. The summed E-state index contributed by atoms with van der Waals surface area (Å²) in [6.45, 7) is 7.00. The number of hydrogen-bond donors (Lipinski definition) is 1. The summed E-state index contributed by atoms with van der Waals surface area (Å²) in [6.07, 6.45) is 7.43.